The molecule has 19 heavy (non-hydrogen) atoms. The third kappa shape index (κ3) is 3.20. The average molecular weight is 259 g/mol. The van der Waals surface area contributed by atoms with Gasteiger partial charge in [-0.25, -0.2) is 0 Å². The first-order valence-electron chi connectivity index (χ1n) is 7.87. The quantitative estimate of drug-likeness (QED) is 0.791. The molecule has 1 heteroatoms. The Labute approximate surface area is 118 Å². The minimum Gasteiger partial charge on any atom is -0.309 e. The molecule has 1 atom stereocenters. The first-order valence-corrected chi connectivity index (χ1v) is 7.87. The van der Waals surface area contributed by atoms with E-state index >= 15 is 0 Å². The first kappa shape index (κ1) is 14.6. The summed E-state index contributed by atoms with van der Waals surface area (Å²) in [5.41, 5.74) is 4.78. The van der Waals surface area contributed by atoms with Crippen molar-refractivity contribution >= 4 is 0 Å². The standard InChI is InChI=1S/C18H29N/c1-5-12-19-17(18(4)10-6-7-11-18)16-13-14(2)8-9-15(16)3/h8-9,13,17,19H,5-7,10-12H2,1-4H3. The van der Waals surface area contributed by atoms with Crippen LogP contribution in [0.5, 0.6) is 0 Å². The van der Waals surface area contributed by atoms with Gasteiger partial charge in [0.05, 0.1) is 0 Å². The van der Waals surface area contributed by atoms with Gasteiger partial charge in [-0.05, 0) is 56.2 Å². The molecule has 0 amide bonds. The van der Waals surface area contributed by atoms with Crippen LogP contribution in [0.3, 0.4) is 0 Å². The summed E-state index contributed by atoms with van der Waals surface area (Å²) in [4.78, 5) is 0. The van der Waals surface area contributed by atoms with Crippen LogP contribution in [0.1, 0.15) is 68.7 Å². The number of benzene rings is 1. The van der Waals surface area contributed by atoms with Gasteiger partial charge in [0.1, 0.15) is 0 Å². The van der Waals surface area contributed by atoms with Crippen molar-refractivity contribution in [3.63, 3.8) is 0 Å². The Balaban J connectivity index is 2.33. The average Bonchev–Trinajstić information content (AvgIpc) is 2.82. The molecule has 1 fully saturated rings. The van der Waals surface area contributed by atoms with Gasteiger partial charge < -0.3 is 5.32 Å². The van der Waals surface area contributed by atoms with Gasteiger partial charge in [-0.1, -0.05) is 50.5 Å². The zero-order valence-electron chi connectivity index (χ0n) is 13.1. The lowest BCUT2D eigenvalue weighted by atomic mass is 9.76. The van der Waals surface area contributed by atoms with Gasteiger partial charge >= 0.3 is 0 Å². The van der Waals surface area contributed by atoms with E-state index in [1.54, 1.807) is 0 Å². The van der Waals surface area contributed by atoms with Crippen LogP contribution in [0, 0.1) is 19.3 Å². The predicted molar refractivity (Wildman–Crippen MR) is 83.5 cm³/mol. The summed E-state index contributed by atoms with van der Waals surface area (Å²) in [5, 5.41) is 3.84. The van der Waals surface area contributed by atoms with E-state index in [9.17, 15) is 0 Å². The zero-order valence-corrected chi connectivity index (χ0v) is 13.1. The van der Waals surface area contributed by atoms with Crippen LogP contribution in [-0.2, 0) is 0 Å². The van der Waals surface area contributed by atoms with Crippen molar-refractivity contribution in [3.8, 4) is 0 Å². The lowest BCUT2D eigenvalue weighted by molar-refractivity contribution is 0.223. The van der Waals surface area contributed by atoms with Gasteiger partial charge in [-0.15, -0.1) is 0 Å². The van der Waals surface area contributed by atoms with E-state index in [0.717, 1.165) is 6.54 Å². The highest BCUT2D eigenvalue weighted by Crippen LogP contribution is 2.47. The van der Waals surface area contributed by atoms with E-state index in [1.807, 2.05) is 0 Å². The highest BCUT2D eigenvalue weighted by Gasteiger charge is 2.38. The van der Waals surface area contributed by atoms with Crippen LogP contribution >= 0.6 is 0 Å². The van der Waals surface area contributed by atoms with Crippen molar-refractivity contribution in [2.24, 2.45) is 5.41 Å². The Hall–Kier alpha value is -0.820. The summed E-state index contributed by atoms with van der Waals surface area (Å²) in [7, 11) is 0. The van der Waals surface area contributed by atoms with Crippen molar-refractivity contribution in [2.45, 2.75) is 65.8 Å². The zero-order chi connectivity index (χ0) is 13.9. The van der Waals surface area contributed by atoms with Crippen molar-refractivity contribution in [3.05, 3.63) is 34.9 Å². The second kappa shape index (κ2) is 6.09. The summed E-state index contributed by atoms with van der Waals surface area (Å²) in [5.74, 6) is 0. The Morgan fingerprint density at radius 2 is 1.89 bits per heavy atom. The molecule has 0 bridgehead atoms. The summed E-state index contributed by atoms with van der Waals surface area (Å²) in [6.45, 7) is 10.3. The Bertz CT molecular complexity index is 416. The molecular formula is C18H29N. The molecule has 1 nitrogen and oxygen atoms in total. The van der Waals surface area contributed by atoms with Crippen molar-refractivity contribution in [1.82, 2.24) is 5.32 Å². The third-order valence-electron chi connectivity index (χ3n) is 4.79. The van der Waals surface area contributed by atoms with Crippen molar-refractivity contribution in [2.75, 3.05) is 6.54 Å². The van der Waals surface area contributed by atoms with Crippen molar-refractivity contribution in [1.29, 1.82) is 0 Å². The minimum absolute atomic E-state index is 0.438. The van der Waals surface area contributed by atoms with Gasteiger partial charge in [0.15, 0.2) is 0 Å². The second-order valence-corrected chi connectivity index (χ2v) is 6.61. The molecule has 106 valence electrons. The summed E-state index contributed by atoms with van der Waals surface area (Å²) < 4.78 is 0. The van der Waals surface area contributed by atoms with Crippen LogP contribution in [0.4, 0.5) is 0 Å². The van der Waals surface area contributed by atoms with Crippen LogP contribution in [-0.4, -0.2) is 6.54 Å². The van der Waals surface area contributed by atoms with E-state index in [-0.39, 0.29) is 0 Å². The lowest BCUT2D eigenvalue weighted by Gasteiger charge is -2.36. The first-order chi connectivity index (χ1) is 9.07. The fraction of sp³-hybridized carbons (Fsp3) is 0.667. The van der Waals surface area contributed by atoms with Gasteiger partial charge in [-0.3, -0.25) is 0 Å². The van der Waals surface area contributed by atoms with Crippen molar-refractivity contribution < 1.29 is 0 Å². The lowest BCUT2D eigenvalue weighted by Crippen LogP contribution is -2.35. The molecule has 0 saturated heterocycles. The van der Waals surface area contributed by atoms with Crippen LogP contribution in [0.2, 0.25) is 0 Å². The maximum atomic E-state index is 3.84. The molecule has 1 aromatic carbocycles. The third-order valence-corrected chi connectivity index (χ3v) is 4.79. The molecule has 1 unspecified atom stereocenters. The maximum absolute atomic E-state index is 3.84. The van der Waals surface area contributed by atoms with Gasteiger partial charge in [-0.2, -0.15) is 0 Å². The molecule has 2 rings (SSSR count). The Morgan fingerprint density at radius 3 is 2.53 bits per heavy atom. The van der Waals surface area contributed by atoms with Crippen LogP contribution in [0.15, 0.2) is 18.2 Å². The van der Waals surface area contributed by atoms with Gasteiger partial charge in [0.25, 0.3) is 0 Å². The molecule has 0 spiro atoms. The van der Waals surface area contributed by atoms with E-state index in [4.69, 9.17) is 0 Å². The second-order valence-electron chi connectivity index (χ2n) is 6.61. The monoisotopic (exact) mass is 259 g/mol. The number of rotatable bonds is 5. The Morgan fingerprint density at radius 1 is 1.21 bits per heavy atom. The topological polar surface area (TPSA) is 12.0 Å². The van der Waals surface area contributed by atoms with E-state index < -0.39 is 0 Å². The number of hydrogen-bond acceptors (Lipinski definition) is 1. The molecular weight excluding hydrogens is 230 g/mol. The molecule has 0 radical (unpaired) electrons. The molecule has 0 aromatic heterocycles. The molecule has 1 aliphatic rings. The Kier molecular flexibility index (Phi) is 4.67. The molecule has 1 aromatic rings. The number of aryl methyl sites for hydroxylation is 2. The van der Waals surface area contributed by atoms with Crippen LogP contribution in [0.25, 0.3) is 0 Å². The number of nitrogens with one attached hydrogen (secondary N) is 1. The van der Waals surface area contributed by atoms with Gasteiger partial charge in [0, 0.05) is 6.04 Å². The summed E-state index contributed by atoms with van der Waals surface area (Å²) in [6, 6.07) is 7.43. The highest BCUT2D eigenvalue weighted by atomic mass is 14.9. The SMILES string of the molecule is CCCNC(c1cc(C)ccc1C)C1(C)CCCC1. The molecule has 1 N–H and O–H groups in total. The normalized spacial score (nSPS) is 19.6. The molecule has 1 aliphatic carbocycles. The molecule has 0 heterocycles. The van der Waals surface area contributed by atoms with Crippen LogP contribution < -0.4 is 5.32 Å². The largest absolute Gasteiger partial charge is 0.309 e. The minimum atomic E-state index is 0.438. The molecule has 0 aliphatic heterocycles. The van der Waals surface area contributed by atoms with E-state index in [0.29, 0.717) is 11.5 Å². The smallest absolute Gasteiger partial charge is 0.0377 e. The van der Waals surface area contributed by atoms with E-state index in [1.165, 1.54) is 48.8 Å². The summed E-state index contributed by atoms with van der Waals surface area (Å²) in [6.07, 6.45) is 6.72. The molecule has 1 saturated carbocycles. The van der Waals surface area contributed by atoms with E-state index in [2.05, 4.69) is 51.2 Å². The summed E-state index contributed by atoms with van der Waals surface area (Å²) >= 11 is 0. The van der Waals surface area contributed by atoms with Gasteiger partial charge in [0.2, 0.25) is 0 Å². The fourth-order valence-electron chi connectivity index (χ4n) is 3.56. The maximum Gasteiger partial charge on any atom is 0.0377 e. The number of hydrogen-bond donors (Lipinski definition) is 1. The predicted octanol–water partition coefficient (Wildman–Crippen LogP) is 4.92. The fourth-order valence-corrected chi connectivity index (χ4v) is 3.56. The highest BCUT2D eigenvalue weighted by molar-refractivity contribution is 5.34.